The summed E-state index contributed by atoms with van der Waals surface area (Å²) in [5, 5.41) is 10.2. The fourth-order valence-electron chi connectivity index (χ4n) is 8.16. The second kappa shape index (κ2) is 7.46. The smallest absolute Gasteiger partial charge is 0.0577 e. The molecule has 0 aromatic carbocycles. The van der Waals surface area contributed by atoms with Gasteiger partial charge in [-0.3, -0.25) is 0 Å². The largest absolute Gasteiger partial charge is 0.393 e. The molecule has 4 aliphatic carbocycles. The third-order valence-corrected chi connectivity index (χ3v) is 9.69. The van der Waals surface area contributed by atoms with Gasteiger partial charge in [0.25, 0.3) is 0 Å². The maximum Gasteiger partial charge on any atom is 0.0577 e. The average molecular weight is 383 g/mol. The van der Waals surface area contributed by atoms with Gasteiger partial charge in [0.1, 0.15) is 0 Å². The molecule has 0 saturated heterocycles. The highest BCUT2D eigenvalue weighted by Gasteiger charge is 2.58. The molecule has 0 aromatic rings. The van der Waals surface area contributed by atoms with Crippen LogP contribution in [0.15, 0.2) is 36.0 Å². The second-order valence-electron chi connectivity index (χ2n) is 11.3. The summed E-state index contributed by atoms with van der Waals surface area (Å²) >= 11 is 0. The van der Waals surface area contributed by atoms with Crippen LogP contribution in [-0.4, -0.2) is 11.2 Å². The van der Waals surface area contributed by atoms with E-state index in [0.717, 1.165) is 42.9 Å². The molecule has 156 valence electrons. The van der Waals surface area contributed by atoms with Gasteiger partial charge in [-0.25, -0.2) is 0 Å². The Kier molecular flexibility index (Phi) is 5.45. The maximum atomic E-state index is 10.2. The van der Waals surface area contributed by atoms with Crippen LogP contribution in [0.2, 0.25) is 0 Å². The Balaban J connectivity index is 1.54. The van der Waals surface area contributed by atoms with E-state index in [0.29, 0.717) is 16.7 Å². The van der Waals surface area contributed by atoms with E-state index in [1.54, 1.807) is 5.57 Å². The zero-order chi connectivity index (χ0) is 20.1. The summed E-state index contributed by atoms with van der Waals surface area (Å²) in [5.41, 5.74) is 3.75. The van der Waals surface area contributed by atoms with Gasteiger partial charge < -0.3 is 5.11 Å². The molecule has 1 heteroatoms. The van der Waals surface area contributed by atoms with Gasteiger partial charge in [0.05, 0.1) is 6.10 Å². The van der Waals surface area contributed by atoms with Gasteiger partial charge in [-0.05, 0) is 105 Å². The van der Waals surface area contributed by atoms with Crippen molar-refractivity contribution < 1.29 is 5.11 Å². The number of allylic oxidation sites excluding steroid dienone is 4. The predicted octanol–water partition coefficient (Wildman–Crippen LogP) is 7.08. The van der Waals surface area contributed by atoms with Crippen LogP contribution in [0.3, 0.4) is 0 Å². The molecule has 3 fully saturated rings. The molecule has 0 spiro atoms. The van der Waals surface area contributed by atoms with Crippen LogP contribution in [0.4, 0.5) is 0 Å². The van der Waals surface area contributed by atoms with Crippen LogP contribution in [0.5, 0.6) is 0 Å². The van der Waals surface area contributed by atoms with Crippen molar-refractivity contribution in [2.24, 2.45) is 40.4 Å². The summed E-state index contributed by atoms with van der Waals surface area (Å²) in [5.74, 6) is 4.15. The first-order valence-electron chi connectivity index (χ1n) is 11.9. The molecule has 0 aromatic heterocycles. The van der Waals surface area contributed by atoms with Crippen molar-refractivity contribution in [3.8, 4) is 0 Å². The lowest BCUT2D eigenvalue weighted by molar-refractivity contribution is -0.0540. The molecule has 0 aliphatic heterocycles. The number of hydrogen-bond acceptors (Lipinski definition) is 1. The second-order valence-corrected chi connectivity index (χ2v) is 11.3. The van der Waals surface area contributed by atoms with Crippen molar-refractivity contribution in [2.75, 3.05) is 0 Å². The van der Waals surface area contributed by atoms with Gasteiger partial charge in [-0.1, -0.05) is 56.7 Å². The molecule has 3 saturated carbocycles. The molecule has 4 rings (SSSR count). The Morgan fingerprint density at radius 2 is 2.00 bits per heavy atom. The Bertz CT molecular complexity index is 672. The van der Waals surface area contributed by atoms with Crippen LogP contribution in [0, 0.1) is 40.4 Å². The summed E-state index contributed by atoms with van der Waals surface area (Å²) in [6, 6.07) is 0. The first-order chi connectivity index (χ1) is 13.3. The van der Waals surface area contributed by atoms with E-state index in [-0.39, 0.29) is 6.10 Å². The van der Waals surface area contributed by atoms with Crippen molar-refractivity contribution >= 4 is 0 Å². The van der Waals surface area contributed by atoms with Crippen LogP contribution >= 0.6 is 0 Å². The average Bonchev–Trinajstić information content (AvgIpc) is 2.99. The van der Waals surface area contributed by atoms with E-state index in [9.17, 15) is 5.11 Å². The van der Waals surface area contributed by atoms with Crippen molar-refractivity contribution in [1.82, 2.24) is 0 Å². The highest BCUT2D eigenvalue weighted by molar-refractivity contribution is 5.25. The molecule has 8 atom stereocenters. The van der Waals surface area contributed by atoms with E-state index in [4.69, 9.17) is 0 Å². The minimum atomic E-state index is -0.0903. The normalized spacial score (nSPS) is 46.5. The number of rotatable bonds is 4. The molecule has 1 nitrogen and oxygen atoms in total. The monoisotopic (exact) mass is 382 g/mol. The molecule has 0 radical (unpaired) electrons. The summed E-state index contributed by atoms with van der Waals surface area (Å²) in [6.07, 6.45) is 18.4. The third kappa shape index (κ3) is 3.26. The highest BCUT2D eigenvalue weighted by atomic mass is 16.3. The summed E-state index contributed by atoms with van der Waals surface area (Å²) in [7, 11) is 0. The summed E-state index contributed by atoms with van der Waals surface area (Å²) in [4.78, 5) is 0. The van der Waals surface area contributed by atoms with E-state index in [2.05, 4.69) is 52.5 Å². The molecule has 0 unspecified atom stereocenters. The Hall–Kier alpha value is -0.820. The topological polar surface area (TPSA) is 20.2 Å². The first-order valence-corrected chi connectivity index (χ1v) is 11.9. The van der Waals surface area contributed by atoms with E-state index in [1.807, 2.05) is 0 Å². The minimum absolute atomic E-state index is 0.0903. The Labute approximate surface area is 173 Å². The van der Waals surface area contributed by atoms with Crippen molar-refractivity contribution in [3.05, 3.63) is 36.0 Å². The van der Waals surface area contributed by atoms with Gasteiger partial charge >= 0.3 is 0 Å². The quantitative estimate of drug-likeness (QED) is 0.515. The Morgan fingerprint density at radius 3 is 2.75 bits per heavy atom. The Morgan fingerprint density at radius 1 is 1.21 bits per heavy atom. The number of hydrogen-bond donors (Lipinski definition) is 1. The predicted molar refractivity (Wildman–Crippen MR) is 119 cm³/mol. The fourth-order valence-corrected chi connectivity index (χ4v) is 8.16. The van der Waals surface area contributed by atoms with Crippen molar-refractivity contribution in [1.29, 1.82) is 0 Å². The SMILES string of the molecule is C=C(C)CC=C[C@@H](C)[C@H]1CC[C@H]2[C@@H]3CC=C4C[C@@H](O)CC[C@]4(C)[C@H]3CC[C@]12C. The van der Waals surface area contributed by atoms with Gasteiger partial charge in [-0.15, -0.1) is 0 Å². The van der Waals surface area contributed by atoms with Crippen LogP contribution in [0.25, 0.3) is 0 Å². The molecular weight excluding hydrogens is 340 g/mol. The van der Waals surface area contributed by atoms with Gasteiger partial charge in [0, 0.05) is 0 Å². The lowest BCUT2D eigenvalue weighted by Gasteiger charge is -2.58. The van der Waals surface area contributed by atoms with E-state index < -0.39 is 0 Å². The van der Waals surface area contributed by atoms with Crippen LogP contribution in [0.1, 0.15) is 85.5 Å². The molecule has 4 aliphatic rings. The number of aliphatic hydroxyl groups excluding tert-OH is 1. The highest BCUT2D eigenvalue weighted by Crippen LogP contribution is 2.67. The fraction of sp³-hybridized carbons (Fsp3) is 0.778. The first kappa shape index (κ1) is 20.5. The molecule has 0 amide bonds. The number of fused-ring (bicyclic) bond motifs is 5. The van der Waals surface area contributed by atoms with Crippen LogP contribution < -0.4 is 0 Å². The van der Waals surface area contributed by atoms with E-state index in [1.165, 1.54) is 44.1 Å². The van der Waals surface area contributed by atoms with Crippen molar-refractivity contribution in [2.45, 2.75) is 91.6 Å². The van der Waals surface area contributed by atoms with E-state index >= 15 is 0 Å². The lowest BCUT2D eigenvalue weighted by atomic mass is 9.47. The van der Waals surface area contributed by atoms with Crippen LogP contribution in [-0.2, 0) is 0 Å². The third-order valence-electron chi connectivity index (χ3n) is 9.69. The van der Waals surface area contributed by atoms with Gasteiger partial charge in [0.15, 0.2) is 0 Å². The van der Waals surface area contributed by atoms with Gasteiger partial charge in [0.2, 0.25) is 0 Å². The lowest BCUT2D eigenvalue weighted by Crippen LogP contribution is -2.50. The summed E-state index contributed by atoms with van der Waals surface area (Å²) in [6.45, 7) is 13.8. The van der Waals surface area contributed by atoms with Gasteiger partial charge in [-0.2, -0.15) is 0 Å². The minimum Gasteiger partial charge on any atom is -0.393 e. The summed E-state index contributed by atoms with van der Waals surface area (Å²) < 4.78 is 0. The molecule has 0 bridgehead atoms. The van der Waals surface area contributed by atoms with Crippen molar-refractivity contribution in [3.63, 3.8) is 0 Å². The standard InChI is InChI=1S/C27H42O/c1-18(2)7-6-8-19(3)23-11-12-24-22-10-9-20-17-21(28)13-15-26(20,4)25(22)14-16-27(23,24)5/h6,8-9,19,21-25,28H,1,7,10-17H2,2-5H3/t19-,21+,22+,23-,24+,25+,26+,27-/m1/s1. The molecular formula is C27H42O. The molecule has 28 heavy (non-hydrogen) atoms. The zero-order valence-electron chi connectivity index (χ0n) is 18.7. The number of aliphatic hydroxyl groups is 1. The molecule has 1 N–H and O–H groups in total. The molecule has 0 heterocycles. The maximum absolute atomic E-state index is 10.2. The zero-order valence-corrected chi connectivity index (χ0v) is 18.7.